The van der Waals surface area contributed by atoms with Gasteiger partial charge in [-0.3, -0.25) is 4.99 Å². The van der Waals surface area contributed by atoms with E-state index in [9.17, 15) is 0 Å². The summed E-state index contributed by atoms with van der Waals surface area (Å²) in [5.74, 6) is 0. The third-order valence-corrected chi connectivity index (χ3v) is 5.25. The summed E-state index contributed by atoms with van der Waals surface area (Å²) in [6, 6.07) is 23.1. The van der Waals surface area contributed by atoms with Gasteiger partial charge in [-0.1, -0.05) is 64.1 Å². The predicted molar refractivity (Wildman–Crippen MR) is 97.4 cm³/mol. The molecule has 0 N–H and O–H groups in total. The molecule has 3 heteroatoms. The number of aliphatic imine (C=N–C) groups is 1. The van der Waals surface area contributed by atoms with Gasteiger partial charge in [-0.15, -0.1) is 0 Å². The van der Waals surface area contributed by atoms with Gasteiger partial charge in [0.1, 0.15) is 0 Å². The van der Waals surface area contributed by atoms with E-state index in [1.54, 1.807) is 11.8 Å². The van der Waals surface area contributed by atoms with Crippen LogP contribution >= 0.6 is 27.7 Å². The standard InChI is InChI=1S/C19H12BrNS/c20-14-6-3-5-13(11-14)15-7-4-10-18-16(15)12-21-17-8-1-2-9-19(17)22-18/h1-12H. The molecule has 106 valence electrons. The smallest absolute Gasteiger partial charge is 0.0769 e. The van der Waals surface area contributed by atoms with E-state index in [0.29, 0.717) is 0 Å². The Hall–Kier alpha value is -1.84. The summed E-state index contributed by atoms with van der Waals surface area (Å²) in [6.45, 7) is 0. The Morgan fingerprint density at radius 3 is 2.55 bits per heavy atom. The summed E-state index contributed by atoms with van der Waals surface area (Å²) in [5, 5.41) is 0. The molecule has 1 nitrogen and oxygen atoms in total. The number of halogens is 1. The van der Waals surface area contributed by atoms with E-state index < -0.39 is 0 Å². The average Bonchev–Trinajstić information content (AvgIpc) is 2.73. The summed E-state index contributed by atoms with van der Waals surface area (Å²) in [7, 11) is 0. The quantitative estimate of drug-likeness (QED) is 0.383. The molecule has 22 heavy (non-hydrogen) atoms. The van der Waals surface area contributed by atoms with Crippen molar-refractivity contribution in [3.05, 3.63) is 76.8 Å². The van der Waals surface area contributed by atoms with Crippen LogP contribution < -0.4 is 0 Å². The molecule has 0 spiro atoms. The van der Waals surface area contributed by atoms with Gasteiger partial charge in [0.05, 0.1) is 5.69 Å². The lowest BCUT2D eigenvalue weighted by molar-refractivity contribution is 1.38. The van der Waals surface area contributed by atoms with Crippen molar-refractivity contribution in [1.29, 1.82) is 0 Å². The highest BCUT2D eigenvalue weighted by atomic mass is 79.9. The van der Waals surface area contributed by atoms with E-state index in [1.165, 1.54) is 26.5 Å². The number of hydrogen-bond donors (Lipinski definition) is 0. The van der Waals surface area contributed by atoms with Crippen molar-refractivity contribution in [2.45, 2.75) is 9.79 Å². The van der Waals surface area contributed by atoms with Crippen molar-refractivity contribution in [2.75, 3.05) is 0 Å². The zero-order valence-corrected chi connectivity index (χ0v) is 14.1. The number of fused-ring (bicyclic) bond motifs is 2. The van der Waals surface area contributed by atoms with Gasteiger partial charge in [0, 0.05) is 26.0 Å². The average molecular weight is 366 g/mol. The third-order valence-electron chi connectivity index (χ3n) is 3.62. The van der Waals surface area contributed by atoms with Gasteiger partial charge in [-0.2, -0.15) is 0 Å². The van der Waals surface area contributed by atoms with Crippen LogP contribution in [0.4, 0.5) is 5.69 Å². The maximum atomic E-state index is 4.68. The lowest BCUT2D eigenvalue weighted by Gasteiger charge is -2.10. The molecule has 0 unspecified atom stereocenters. The van der Waals surface area contributed by atoms with Crippen LogP contribution in [0.3, 0.4) is 0 Å². The number of benzene rings is 3. The molecule has 0 amide bonds. The fourth-order valence-electron chi connectivity index (χ4n) is 2.58. The number of para-hydroxylation sites is 1. The van der Waals surface area contributed by atoms with Gasteiger partial charge < -0.3 is 0 Å². The van der Waals surface area contributed by atoms with Crippen molar-refractivity contribution >= 4 is 39.6 Å². The van der Waals surface area contributed by atoms with Gasteiger partial charge in [-0.25, -0.2) is 0 Å². The van der Waals surface area contributed by atoms with E-state index in [0.717, 1.165) is 10.2 Å². The van der Waals surface area contributed by atoms with E-state index in [-0.39, 0.29) is 0 Å². The van der Waals surface area contributed by atoms with Crippen LogP contribution in [0.15, 0.2) is 86.0 Å². The molecular weight excluding hydrogens is 354 g/mol. The molecular formula is C19H12BrNS. The highest BCUT2D eigenvalue weighted by Gasteiger charge is 2.14. The Balaban J connectivity index is 1.90. The molecule has 1 aliphatic rings. The molecule has 4 rings (SSSR count). The maximum absolute atomic E-state index is 4.68. The van der Waals surface area contributed by atoms with E-state index in [4.69, 9.17) is 0 Å². The summed E-state index contributed by atoms with van der Waals surface area (Å²) >= 11 is 5.33. The topological polar surface area (TPSA) is 12.4 Å². The van der Waals surface area contributed by atoms with Crippen molar-refractivity contribution < 1.29 is 0 Å². The third kappa shape index (κ3) is 2.51. The van der Waals surface area contributed by atoms with Crippen LogP contribution in [-0.4, -0.2) is 6.21 Å². The maximum Gasteiger partial charge on any atom is 0.0769 e. The zero-order valence-electron chi connectivity index (χ0n) is 11.7. The van der Waals surface area contributed by atoms with Crippen LogP contribution in [0.1, 0.15) is 5.56 Å². The molecule has 0 saturated carbocycles. The first-order chi connectivity index (χ1) is 10.8. The normalized spacial score (nSPS) is 12.4. The van der Waals surface area contributed by atoms with Crippen LogP contribution in [0.25, 0.3) is 11.1 Å². The van der Waals surface area contributed by atoms with Crippen LogP contribution in [0.2, 0.25) is 0 Å². The van der Waals surface area contributed by atoms with Crippen molar-refractivity contribution in [3.8, 4) is 11.1 Å². The van der Waals surface area contributed by atoms with E-state index in [2.05, 4.69) is 75.5 Å². The summed E-state index contributed by atoms with van der Waals surface area (Å²) < 4.78 is 1.09. The first kappa shape index (κ1) is 13.8. The van der Waals surface area contributed by atoms with Gasteiger partial charge in [0.15, 0.2) is 0 Å². The molecule has 1 aliphatic heterocycles. The molecule has 0 bridgehead atoms. The lowest BCUT2D eigenvalue weighted by atomic mass is 10.0. The van der Waals surface area contributed by atoms with E-state index >= 15 is 0 Å². The second kappa shape index (κ2) is 5.75. The molecule has 0 aliphatic carbocycles. The summed E-state index contributed by atoms with van der Waals surface area (Å²) in [4.78, 5) is 7.12. The lowest BCUT2D eigenvalue weighted by Crippen LogP contribution is -1.90. The fourth-order valence-corrected chi connectivity index (χ4v) is 4.00. The minimum absolute atomic E-state index is 1.03. The number of hydrogen-bond acceptors (Lipinski definition) is 2. The summed E-state index contributed by atoms with van der Waals surface area (Å²) in [6.07, 6.45) is 1.99. The Kier molecular flexibility index (Phi) is 3.60. The molecule has 3 aromatic rings. The Morgan fingerprint density at radius 2 is 1.64 bits per heavy atom. The van der Waals surface area contributed by atoms with Gasteiger partial charge >= 0.3 is 0 Å². The molecule has 0 aromatic heterocycles. The highest BCUT2D eigenvalue weighted by molar-refractivity contribution is 9.10. The Bertz CT molecular complexity index is 886. The minimum atomic E-state index is 1.03. The number of rotatable bonds is 1. The van der Waals surface area contributed by atoms with Crippen LogP contribution in [0.5, 0.6) is 0 Å². The highest BCUT2D eigenvalue weighted by Crippen LogP contribution is 2.41. The first-order valence-electron chi connectivity index (χ1n) is 7.01. The van der Waals surface area contributed by atoms with Crippen LogP contribution in [0, 0.1) is 0 Å². The Morgan fingerprint density at radius 1 is 0.818 bits per heavy atom. The van der Waals surface area contributed by atoms with Gasteiger partial charge in [0.2, 0.25) is 0 Å². The molecule has 0 fully saturated rings. The van der Waals surface area contributed by atoms with Gasteiger partial charge in [-0.05, 0) is 41.5 Å². The van der Waals surface area contributed by atoms with E-state index in [1.807, 2.05) is 18.3 Å². The van der Waals surface area contributed by atoms with Crippen molar-refractivity contribution in [2.24, 2.45) is 4.99 Å². The summed E-state index contributed by atoms with van der Waals surface area (Å²) in [5.41, 5.74) is 4.62. The van der Waals surface area contributed by atoms with Crippen LogP contribution in [-0.2, 0) is 0 Å². The second-order valence-corrected chi connectivity index (χ2v) is 7.06. The molecule has 3 aromatic carbocycles. The van der Waals surface area contributed by atoms with Crippen molar-refractivity contribution in [3.63, 3.8) is 0 Å². The SMILES string of the molecule is Brc1cccc(-c2cccc3c2C=Nc2ccccc2S3)c1. The monoisotopic (exact) mass is 365 g/mol. The molecule has 0 radical (unpaired) electrons. The fraction of sp³-hybridized carbons (Fsp3) is 0. The Labute approximate surface area is 142 Å². The zero-order chi connectivity index (χ0) is 14.9. The first-order valence-corrected chi connectivity index (χ1v) is 8.62. The number of nitrogens with zero attached hydrogens (tertiary/aromatic N) is 1. The second-order valence-electron chi connectivity index (χ2n) is 5.06. The van der Waals surface area contributed by atoms with Gasteiger partial charge in [0.25, 0.3) is 0 Å². The van der Waals surface area contributed by atoms with Crippen molar-refractivity contribution in [1.82, 2.24) is 0 Å². The minimum Gasteiger partial charge on any atom is -0.255 e. The predicted octanol–water partition coefficient (Wildman–Crippen LogP) is 6.33. The molecule has 0 saturated heterocycles. The largest absolute Gasteiger partial charge is 0.255 e. The molecule has 1 heterocycles. The molecule has 0 atom stereocenters.